The average Bonchev–Trinajstić information content (AvgIpc) is 2.04. The zero-order chi connectivity index (χ0) is 9.40. The lowest BCUT2D eigenvalue weighted by molar-refractivity contribution is -0.118. The number of nitrogens with one attached hydrogen (secondary N) is 1. The number of hydrogen-bond donors (Lipinski definition) is 1. The molecule has 68 valence electrons. The Kier molecular flexibility index (Phi) is 6.07. The summed E-state index contributed by atoms with van der Waals surface area (Å²) in [5.41, 5.74) is 1.29. The van der Waals surface area contributed by atoms with E-state index in [-0.39, 0.29) is 5.91 Å². The SMILES string of the molecule is C/C=C(/C=C/CNC(C)=O)CC. The smallest absolute Gasteiger partial charge is 0.217 e. The Morgan fingerprint density at radius 2 is 2.17 bits per heavy atom. The fourth-order valence-corrected chi connectivity index (χ4v) is 0.831. The number of allylic oxidation sites excluding steroid dienone is 3. The first kappa shape index (κ1) is 11.0. The quantitative estimate of drug-likeness (QED) is 0.638. The first-order valence-corrected chi connectivity index (χ1v) is 4.26. The van der Waals surface area contributed by atoms with E-state index in [1.165, 1.54) is 12.5 Å². The summed E-state index contributed by atoms with van der Waals surface area (Å²) in [6, 6.07) is 0. The molecule has 0 aliphatic carbocycles. The number of carbonyl (C=O) groups is 1. The third kappa shape index (κ3) is 5.71. The topological polar surface area (TPSA) is 29.1 Å². The van der Waals surface area contributed by atoms with Gasteiger partial charge in [-0.05, 0) is 13.3 Å². The minimum atomic E-state index is 0.0122. The number of rotatable bonds is 4. The third-order valence-electron chi connectivity index (χ3n) is 1.58. The Hall–Kier alpha value is -1.05. The fourth-order valence-electron chi connectivity index (χ4n) is 0.831. The summed E-state index contributed by atoms with van der Waals surface area (Å²) in [7, 11) is 0. The standard InChI is InChI=1S/C10H17NO/c1-4-10(5-2)7-6-8-11-9(3)12/h4,6-7H,5,8H2,1-3H3,(H,11,12)/b7-6+,10-4+. The summed E-state index contributed by atoms with van der Waals surface area (Å²) in [6.45, 7) is 6.26. The van der Waals surface area contributed by atoms with Crippen molar-refractivity contribution >= 4 is 5.91 Å². The van der Waals surface area contributed by atoms with Gasteiger partial charge in [-0.1, -0.05) is 30.7 Å². The molecule has 0 atom stereocenters. The van der Waals surface area contributed by atoms with Gasteiger partial charge in [0, 0.05) is 13.5 Å². The third-order valence-corrected chi connectivity index (χ3v) is 1.58. The van der Waals surface area contributed by atoms with E-state index in [0.29, 0.717) is 6.54 Å². The van der Waals surface area contributed by atoms with Crippen LogP contribution in [-0.4, -0.2) is 12.5 Å². The Balaban J connectivity index is 3.68. The highest BCUT2D eigenvalue weighted by Gasteiger charge is 1.86. The van der Waals surface area contributed by atoms with Crippen molar-refractivity contribution in [1.29, 1.82) is 0 Å². The average molecular weight is 167 g/mol. The fraction of sp³-hybridized carbons (Fsp3) is 0.500. The van der Waals surface area contributed by atoms with E-state index in [4.69, 9.17) is 0 Å². The van der Waals surface area contributed by atoms with Crippen LogP contribution in [0.25, 0.3) is 0 Å². The van der Waals surface area contributed by atoms with Crippen LogP contribution < -0.4 is 5.32 Å². The van der Waals surface area contributed by atoms with E-state index in [1.807, 2.05) is 19.1 Å². The van der Waals surface area contributed by atoms with Gasteiger partial charge in [-0.15, -0.1) is 0 Å². The molecule has 0 aromatic rings. The summed E-state index contributed by atoms with van der Waals surface area (Å²) in [5, 5.41) is 2.70. The van der Waals surface area contributed by atoms with Gasteiger partial charge >= 0.3 is 0 Å². The van der Waals surface area contributed by atoms with Crippen LogP contribution >= 0.6 is 0 Å². The van der Waals surface area contributed by atoms with Gasteiger partial charge in [0.15, 0.2) is 0 Å². The molecule has 2 heteroatoms. The van der Waals surface area contributed by atoms with E-state index in [2.05, 4.69) is 18.3 Å². The first-order chi connectivity index (χ1) is 5.70. The highest BCUT2D eigenvalue weighted by molar-refractivity contribution is 5.72. The van der Waals surface area contributed by atoms with E-state index in [0.717, 1.165) is 6.42 Å². The van der Waals surface area contributed by atoms with Crippen molar-refractivity contribution in [3.63, 3.8) is 0 Å². The van der Waals surface area contributed by atoms with Crippen LogP contribution in [0.1, 0.15) is 27.2 Å². The summed E-state index contributed by atoms with van der Waals surface area (Å²) in [6.07, 6.45) is 7.10. The van der Waals surface area contributed by atoms with Crippen molar-refractivity contribution in [2.75, 3.05) is 6.54 Å². The second-order valence-corrected chi connectivity index (χ2v) is 2.56. The van der Waals surface area contributed by atoms with Crippen molar-refractivity contribution < 1.29 is 4.79 Å². The van der Waals surface area contributed by atoms with E-state index in [1.54, 1.807) is 0 Å². The maximum atomic E-state index is 10.5. The monoisotopic (exact) mass is 167 g/mol. The zero-order valence-electron chi connectivity index (χ0n) is 8.05. The first-order valence-electron chi connectivity index (χ1n) is 4.26. The molecule has 12 heavy (non-hydrogen) atoms. The molecule has 0 saturated heterocycles. The lowest BCUT2D eigenvalue weighted by Gasteiger charge is -1.96. The van der Waals surface area contributed by atoms with Crippen molar-refractivity contribution in [3.8, 4) is 0 Å². The molecule has 2 nitrogen and oxygen atoms in total. The Morgan fingerprint density at radius 1 is 1.50 bits per heavy atom. The predicted octanol–water partition coefficient (Wildman–Crippen LogP) is 2.04. The molecular weight excluding hydrogens is 150 g/mol. The Morgan fingerprint density at radius 3 is 2.58 bits per heavy atom. The van der Waals surface area contributed by atoms with Gasteiger partial charge < -0.3 is 5.32 Å². The highest BCUT2D eigenvalue weighted by Crippen LogP contribution is 2.00. The molecule has 0 heterocycles. The molecule has 0 aromatic carbocycles. The van der Waals surface area contributed by atoms with Crippen LogP contribution in [-0.2, 0) is 4.79 Å². The van der Waals surface area contributed by atoms with Crippen LogP contribution in [0.2, 0.25) is 0 Å². The molecule has 1 N–H and O–H groups in total. The van der Waals surface area contributed by atoms with E-state index >= 15 is 0 Å². The highest BCUT2D eigenvalue weighted by atomic mass is 16.1. The number of carbonyl (C=O) groups excluding carboxylic acids is 1. The van der Waals surface area contributed by atoms with Crippen molar-refractivity contribution in [2.45, 2.75) is 27.2 Å². The molecule has 0 aliphatic rings. The molecule has 0 saturated carbocycles. The summed E-state index contributed by atoms with van der Waals surface area (Å²) >= 11 is 0. The number of hydrogen-bond acceptors (Lipinski definition) is 1. The van der Waals surface area contributed by atoms with Crippen molar-refractivity contribution in [2.24, 2.45) is 0 Å². The molecule has 0 radical (unpaired) electrons. The number of amides is 1. The summed E-state index contributed by atoms with van der Waals surface area (Å²) in [5.74, 6) is 0.0122. The maximum absolute atomic E-state index is 10.5. The van der Waals surface area contributed by atoms with Gasteiger partial charge in [-0.25, -0.2) is 0 Å². The lowest BCUT2D eigenvalue weighted by atomic mass is 10.2. The minimum Gasteiger partial charge on any atom is -0.353 e. The van der Waals surface area contributed by atoms with Crippen LogP contribution in [0.3, 0.4) is 0 Å². The van der Waals surface area contributed by atoms with Gasteiger partial charge in [-0.2, -0.15) is 0 Å². The van der Waals surface area contributed by atoms with Crippen LogP contribution in [0.15, 0.2) is 23.8 Å². The Labute approximate surface area is 74.4 Å². The largest absolute Gasteiger partial charge is 0.353 e. The molecule has 0 unspecified atom stereocenters. The van der Waals surface area contributed by atoms with Gasteiger partial charge in [0.2, 0.25) is 5.91 Å². The lowest BCUT2D eigenvalue weighted by Crippen LogP contribution is -2.19. The predicted molar refractivity (Wildman–Crippen MR) is 51.9 cm³/mol. The van der Waals surface area contributed by atoms with Crippen LogP contribution in [0.4, 0.5) is 0 Å². The molecule has 0 fully saturated rings. The van der Waals surface area contributed by atoms with E-state index in [9.17, 15) is 4.79 Å². The molecule has 0 rings (SSSR count). The Bertz CT molecular complexity index is 192. The van der Waals surface area contributed by atoms with Crippen LogP contribution in [0, 0.1) is 0 Å². The van der Waals surface area contributed by atoms with Gasteiger partial charge in [0.1, 0.15) is 0 Å². The minimum absolute atomic E-state index is 0.0122. The molecule has 0 spiro atoms. The molecule has 1 amide bonds. The molecule has 0 aromatic heterocycles. The van der Waals surface area contributed by atoms with Gasteiger partial charge in [0.25, 0.3) is 0 Å². The van der Waals surface area contributed by atoms with Gasteiger partial charge in [0.05, 0.1) is 0 Å². The normalized spacial score (nSPS) is 12.1. The van der Waals surface area contributed by atoms with Crippen molar-refractivity contribution in [1.82, 2.24) is 5.32 Å². The molecule has 0 bridgehead atoms. The van der Waals surface area contributed by atoms with Crippen molar-refractivity contribution in [3.05, 3.63) is 23.8 Å². The van der Waals surface area contributed by atoms with Crippen LogP contribution in [0.5, 0.6) is 0 Å². The zero-order valence-corrected chi connectivity index (χ0v) is 8.05. The molecular formula is C10H17NO. The van der Waals surface area contributed by atoms with Gasteiger partial charge in [-0.3, -0.25) is 4.79 Å². The summed E-state index contributed by atoms with van der Waals surface area (Å²) in [4.78, 5) is 10.5. The second-order valence-electron chi connectivity index (χ2n) is 2.56. The summed E-state index contributed by atoms with van der Waals surface area (Å²) < 4.78 is 0. The molecule has 0 aliphatic heterocycles. The maximum Gasteiger partial charge on any atom is 0.217 e. The van der Waals surface area contributed by atoms with E-state index < -0.39 is 0 Å². The second kappa shape index (κ2) is 6.65.